The minimum atomic E-state index is -1.22. The van der Waals surface area contributed by atoms with Crippen molar-refractivity contribution in [3.05, 3.63) is 59.4 Å². The molecule has 2 fully saturated rings. The Labute approximate surface area is 206 Å². The molecule has 2 aliphatic heterocycles. The molecule has 0 spiro atoms. The van der Waals surface area contributed by atoms with Gasteiger partial charge in [0.05, 0.1) is 23.8 Å². The third-order valence-corrected chi connectivity index (χ3v) is 7.81. The Morgan fingerprint density at radius 2 is 1.94 bits per heavy atom. The first-order valence-corrected chi connectivity index (χ1v) is 12.3. The molecule has 0 amide bonds. The predicted molar refractivity (Wildman–Crippen MR) is 130 cm³/mol. The topological polar surface area (TPSA) is 89.4 Å². The van der Waals surface area contributed by atoms with E-state index in [0.29, 0.717) is 31.7 Å². The van der Waals surface area contributed by atoms with Gasteiger partial charge in [-0.1, -0.05) is 0 Å². The summed E-state index contributed by atoms with van der Waals surface area (Å²) < 4.78 is 42.0. The van der Waals surface area contributed by atoms with Gasteiger partial charge in [0.25, 0.3) is 0 Å². The monoisotopic (exact) mass is 495 g/mol. The van der Waals surface area contributed by atoms with E-state index in [9.17, 15) is 18.7 Å². The molecule has 2 N–H and O–H groups in total. The number of hydrogen-bond donors (Lipinski definition) is 2. The van der Waals surface area contributed by atoms with Gasteiger partial charge in [-0.05, 0) is 62.4 Å². The number of benzene rings is 2. The largest absolute Gasteiger partial charge is 0.479 e. The van der Waals surface area contributed by atoms with Crippen LogP contribution in [-0.4, -0.2) is 51.3 Å². The maximum atomic E-state index is 14.5. The van der Waals surface area contributed by atoms with E-state index in [4.69, 9.17) is 9.47 Å². The fraction of sp³-hybridized carbons (Fsp3) is 0.407. The van der Waals surface area contributed by atoms with E-state index < -0.39 is 23.2 Å². The quantitative estimate of drug-likeness (QED) is 0.395. The summed E-state index contributed by atoms with van der Waals surface area (Å²) >= 11 is 0. The van der Waals surface area contributed by atoms with E-state index in [1.807, 2.05) is 10.6 Å². The van der Waals surface area contributed by atoms with Gasteiger partial charge in [-0.3, -0.25) is 5.10 Å². The van der Waals surface area contributed by atoms with Crippen LogP contribution in [0.1, 0.15) is 55.7 Å². The first-order valence-electron chi connectivity index (χ1n) is 12.3. The van der Waals surface area contributed by atoms with Gasteiger partial charge in [-0.2, -0.15) is 5.10 Å². The highest BCUT2D eigenvalue weighted by molar-refractivity contribution is 5.99. The second-order valence-corrected chi connectivity index (χ2v) is 10.0. The Morgan fingerprint density at radius 3 is 2.64 bits per heavy atom. The molecule has 2 aromatic heterocycles. The number of carboxylic acid groups (broad SMARTS) is 1. The second-order valence-electron chi connectivity index (χ2n) is 10.0. The fourth-order valence-corrected chi connectivity index (χ4v) is 5.76. The minimum absolute atomic E-state index is 0.0512. The first-order chi connectivity index (χ1) is 17.4. The highest BCUT2D eigenvalue weighted by atomic mass is 19.2. The summed E-state index contributed by atoms with van der Waals surface area (Å²) in [6, 6.07) is 8.06. The smallest absolute Gasteiger partial charge is 0.335 e. The maximum Gasteiger partial charge on any atom is 0.335 e. The molecule has 0 saturated carbocycles. The number of halogens is 2. The lowest BCUT2D eigenvalue weighted by Gasteiger charge is -2.35. The van der Waals surface area contributed by atoms with Crippen LogP contribution in [0.15, 0.2) is 36.5 Å². The molecule has 0 radical (unpaired) electrons. The number of aromatic amines is 1. The van der Waals surface area contributed by atoms with Gasteiger partial charge in [0.15, 0.2) is 17.2 Å². The summed E-state index contributed by atoms with van der Waals surface area (Å²) in [6.45, 7) is 3.11. The summed E-state index contributed by atoms with van der Waals surface area (Å²) in [5.41, 5.74) is 3.18. The van der Waals surface area contributed by atoms with E-state index in [0.717, 1.165) is 52.0 Å². The zero-order valence-electron chi connectivity index (χ0n) is 19.9. The number of rotatable bonds is 4. The molecule has 4 heterocycles. The highest BCUT2D eigenvalue weighted by Crippen LogP contribution is 2.46. The first kappa shape index (κ1) is 23.1. The van der Waals surface area contributed by atoms with Crippen LogP contribution in [0.2, 0.25) is 0 Å². The Kier molecular flexibility index (Phi) is 5.57. The SMILES string of the molecule is C[C@@]1(C(=O)O)CC[C@@H](c2c(C3CCOCC3)n(-c3ccc(F)c(F)c3)c3cc4cn[nH]c4cc23)CO1. The number of aromatic nitrogens is 3. The number of nitrogens with zero attached hydrogens (tertiary/aromatic N) is 2. The summed E-state index contributed by atoms with van der Waals surface area (Å²) in [7, 11) is 0. The maximum absolute atomic E-state index is 14.5. The lowest BCUT2D eigenvalue weighted by Crippen LogP contribution is -2.43. The Morgan fingerprint density at radius 1 is 1.14 bits per heavy atom. The Balaban J connectivity index is 1.61. The molecule has 0 bridgehead atoms. The number of hydrogen-bond acceptors (Lipinski definition) is 4. The number of ether oxygens (including phenoxy) is 2. The molecule has 6 rings (SSSR count). The Bertz CT molecular complexity index is 1460. The third-order valence-electron chi connectivity index (χ3n) is 7.81. The third kappa shape index (κ3) is 3.69. The number of H-pyrrole nitrogens is 1. The molecule has 188 valence electrons. The van der Waals surface area contributed by atoms with E-state index >= 15 is 0 Å². The summed E-state index contributed by atoms with van der Waals surface area (Å²) in [5, 5.41) is 18.8. The molecule has 4 aromatic rings. The normalized spacial score (nSPS) is 23.5. The summed E-state index contributed by atoms with van der Waals surface area (Å²) in [6.07, 6.45) is 4.36. The molecule has 7 nitrogen and oxygen atoms in total. The summed E-state index contributed by atoms with van der Waals surface area (Å²) in [4.78, 5) is 11.8. The molecule has 36 heavy (non-hydrogen) atoms. The molecule has 2 aromatic carbocycles. The van der Waals surface area contributed by atoms with Gasteiger partial charge in [-0.25, -0.2) is 13.6 Å². The van der Waals surface area contributed by atoms with Crippen molar-refractivity contribution in [1.29, 1.82) is 0 Å². The van der Waals surface area contributed by atoms with Crippen LogP contribution in [0.5, 0.6) is 0 Å². The molecular weight excluding hydrogens is 468 g/mol. The van der Waals surface area contributed by atoms with Crippen molar-refractivity contribution < 1.29 is 28.2 Å². The van der Waals surface area contributed by atoms with Crippen molar-refractivity contribution in [2.45, 2.75) is 50.0 Å². The van der Waals surface area contributed by atoms with Crippen molar-refractivity contribution >= 4 is 27.8 Å². The van der Waals surface area contributed by atoms with Gasteiger partial charge in [0.1, 0.15) is 0 Å². The average Bonchev–Trinajstić information content (AvgIpc) is 3.47. The fourth-order valence-electron chi connectivity index (χ4n) is 5.76. The van der Waals surface area contributed by atoms with Crippen LogP contribution >= 0.6 is 0 Å². The minimum Gasteiger partial charge on any atom is -0.479 e. The molecule has 0 aliphatic carbocycles. The lowest BCUT2D eigenvalue weighted by molar-refractivity contribution is -0.170. The standard InChI is InChI=1S/C27H27F2N3O4/c1-27(26(33)34)7-4-16(14-36-27)24-19-12-22-17(13-30-31-22)10-23(19)32(18-2-3-20(28)21(29)11-18)25(24)15-5-8-35-9-6-15/h2-3,10-13,15-16H,4-9,14H2,1H3,(H,30,31)(H,33,34)/t16-,27+/m1/s1. The Hall–Kier alpha value is -3.30. The van der Waals surface area contributed by atoms with Crippen LogP contribution in [0.3, 0.4) is 0 Å². The van der Waals surface area contributed by atoms with Gasteiger partial charge < -0.3 is 19.1 Å². The van der Waals surface area contributed by atoms with Gasteiger partial charge in [0.2, 0.25) is 0 Å². The molecule has 2 saturated heterocycles. The van der Waals surface area contributed by atoms with Gasteiger partial charge >= 0.3 is 5.97 Å². The lowest BCUT2D eigenvalue weighted by atomic mass is 9.82. The molecule has 2 aliphatic rings. The van der Waals surface area contributed by atoms with Crippen molar-refractivity contribution in [3.8, 4) is 5.69 Å². The average molecular weight is 496 g/mol. The van der Waals surface area contributed by atoms with Crippen molar-refractivity contribution in [3.63, 3.8) is 0 Å². The molecule has 9 heteroatoms. The van der Waals surface area contributed by atoms with E-state index in [1.54, 1.807) is 19.2 Å². The molecule has 0 unspecified atom stereocenters. The highest BCUT2D eigenvalue weighted by Gasteiger charge is 2.41. The van der Waals surface area contributed by atoms with Crippen molar-refractivity contribution in [2.24, 2.45) is 0 Å². The second kappa shape index (κ2) is 8.67. The van der Waals surface area contributed by atoms with Crippen LogP contribution < -0.4 is 0 Å². The number of carboxylic acids is 1. The zero-order chi connectivity index (χ0) is 25.0. The van der Waals surface area contributed by atoms with E-state index in [2.05, 4.69) is 16.3 Å². The van der Waals surface area contributed by atoms with Crippen molar-refractivity contribution in [2.75, 3.05) is 19.8 Å². The summed E-state index contributed by atoms with van der Waals surface area (Å²) in [5.74, 6) is -2.68. The number of fused-ring (bicyclic) bond motifs is 2. The molecular formula is C27H27F2N3O4. The van der Waals surface area contributed by atoms with Crippen LogP contribution in [-0.2, 0) is 14.3 Å². The van der Waals surface area contributed by atoms with Crippen LogP contribution in [0.25, 0.3) is 27.5 Å². The van der Waals surface area contributed by atoms with Crippen LogP contribution in [0, 0.1) is 11.6 Å². The van der Waals surface area contributed by atoms with Crippen LogP contribution in [0.4, 0.5) is 8.78 Å². The van der Waals surface area contributed by atoms with E-state index in [-0.39, 0.29) is 18.4 Å². The van der Waals surface area contributed by atoms with Gasteiger partial charge in [-0.15, -0.1) is 0 Å². The number of carbonyl (C=O) groups is 1. The van der Waals surface area contributed by atoms with E-state index in [1.165, 1.54) is 6.07 Å². The van der Waals surface area contributed by atoms with Gasteiger partial charge in [0, 0.05) is 53.3 Å². The zero-order valence-corrected chi connectivity index (χ0v) is 19.9. The predicted octanol–water partition coefficient (Wildman–Crippen LogP) is 5.42. The van der Waals surface area contributed by atoms with Crippen molar-refractivity contribution in [1.82, 2.24) is 14.8 Å². The number of aliphatic carboxylic acids is 1. The molecule has 2 atom stereocenters. The number of nitrogens with one attached hydrogen (secondary N) is 1.